The Morgan fingerprint density at radius 1 is 1.35 bits per heavy atom. The van der Waals surface area contributed by atoms with Gasteiger partial charge in [-0.3, -0.25) is 9.59 Å². The average molecular weight is 274 g/mol. The van der Waals surface area contributed by atoms with Gasteiger partial charge in [0.2, 0.25) is 11.8 Å². The minimum absolute atomic E-state index is 0.00131. The molecule has 1 fully saturated rings. The smallest absolute Gasteiger partial charge is 0.227 e. The molecular formula is C16H22N2O2. The third kappa shape index (κ3) is 3.38. The van der Waals surface area contributed by atoms with Gasteiger partial charge in [0.05, 0.1) is 5.92 Å². The molecule has 108 valence electrons. The number of benzene rings is 1. The molecule has 1 saturated heterocycles. The monoisotopic (exact) mass is 274 g/mol. The molecule has 1 aliphatic heterocycles. The number of nitrogens with one attached hydrogen (secondary N) is 1. The van der Waals surface area contributed by atoms with Crippen molar-refractivity contribution in [3.63, 3.8) is 0 Å². The molecule has 2 amide bonds. The van der Waals surface area contributed by atoms with Crippen molar-refractivity contribution in [1.82, 2.24) is 5.32 Å². The van der Waals surface area contributed by atoms with Gasteiger partial charge in [0.1, 0.15) is 0 Å². The van der Waals surface area contributed by atoms with E-state index >= 15 is 0 Å². The number of nitrogens with zero attached hydrogens (tertiary/aromatic N) is 1. The lowest BCUT2D eigenvalue weighted by atomic mass is 10.1. The van der Waals surface area contributed by atoms with Crippen molar-refractivity contribution in [3.05, 3.63) is 29.8 Å². The van der Waals surface area contributed by atoms with Crippen LogP contribution in [-0.4, -0.2) is 24.9 Å². The molecule has 0 bridgehead atoms. The Kier molecular flexibility index (Phi) is 4.77. The predicted molar refractivity (Wildman–Crippen MR) is 79.6 cm³/mol. The first kappa shape index (κ1) is 14.6. The fourth-order valence-electron chi connectivity index (χ4n) is 2.39. The number of rotatable bonds is 5. The molecule has 20 heavy (non-hydrogen) atoms. The predicted octanol–water partition coefficient (Wildman–Crippen LogP) is 2.26. The molecule has 0 radical (unpaired) electrons. The Morgan fingerprint density at radius 3 is 2.70 bits per heavy atom. The van der Waals surface area contributed by atoms with E-state index in [0.717, 1.165) is 24.1 Å². The molecule has 0 spiro atoms. The fourth-order valence-corrected chi connectivity index (χ4v) is 2.39. The second-order valence-electron chi connectivity index (χ2n) is 5.39. The zero-order valence-electron chi connectivity index (χ0n) is 12.2. The van der Waals surface area contributed by atoms with Gasteiger partial charge in [-0.05, 0) is 25.5 Å². The number of hydrogen-bond donors (Lipinski definition) is 1. The van der Waals surface area contributed by atoms with Crippen LogP contribution < -0.4 is 10.2 Å². The molecule has 1 aromatic rings. The topological polar surface area (TPSA) is 49.4 Å². The third-order valence-electron chi connectivity index (χ3n) is 3.67. The Balaban J connectivity index is 1.96. The highest BCUT2D eigenvalue weighted by Gasteiger charge is 2.34. The van der Waals surface area contributed by atoms with Gasteiger partial charge in [-0.25, -0.2) is 0 Å². The van der Waals surface area contributed by atoms with E-state index in [1.54, 1.807) is 4.90 Å². The average Bonchev–Trinajstić information content (AvgIpc) is 2.82. The molecule has 4 nitrogen and oxygen atoms in total. The van der Waals surface area contributed by atoms with E-state index in [4.69, 9.17) is 0 Å². The van der Waals surface area contributed by atoms with Crippen molar-refractivity contribution in [3.8, 4) is 0 Å². The fraction of sp³-hybridized carbons (Fsp3) is 0.500. The van der Waals surface area contributed by atoms with Crippen LogP contribution in [0.2, 0.25) is 0 Å². The summed E-state index contributed by atoms with van der Waals surface area (Å²) in [7, 11) is 0. The number of carbonyl (C=O) groups is 2. The maximum Gasteiger partial charge on any atom is 0.227 e. The zero-order chi connectivity index (χ0) is 14.5. The van der Waals surface area contributed by atoms with Crippen LogP contribution in [0.1, 0.15) is 31.7 Å². The summed E-state index contributed by atoms with van der Waals surface area (Å²) in [6, 6.07) is 7.84. The van der Waals surface area contributed by atoms with E-state index < -0.39 is 0 Å². The first-order valence-corrected chi connectivity index (χ1v) is 7.26. The van der Waals surface area contributed by atoms with Gasteiger partial charge in [-0.1, -0.05) is 31.0 Å². The van der Waals surface area contributed by atoms with Crippen LogP contribution in [0.25, 0.3) is 0 Å². The lowest BCUT2D eigenvalue weighted by molar-refractivity contribution is -0.126. The maximum absolute atomic E-state index is 12.1. The largest absolute Gasteiger partial charge is 0.356 e. The highest BCUT2D eigenvalue weighted by molar-refractivity contribution is 6.00. The van der Waals surface area contributed by atoms with Crippen LogP contribution in [-0.2, 0) is 9.59 Å². The molecule has 2 rings (SSSR count). The quantitative estimate of drug-likeness (QED) is 0.837. The van der Waals surface area contributed by atoms with E-state index in [1.807, 2.05) is 31.2 Å². The number of hydrogen-bond acceptors (Lipinski definition) is 2. The Morgan fingerprint density at radius 2 is 2.05 bits per heavy atom. The number of aryl methyl sites for hydroxylation is 1. The summed E-state index contributed by atoms with van der Waals surface area (Å²) < 4.78 is 0. The molecule has 4 heteroatoms. The summed E-state index contributed by atoms with van der Waals surface area (Å²) in [5, 5.41) is 2.91. The summed E-state index contributed by atoms with van der Waals surface area (Å²) in [6.07, 6.45) is 2.35. The molecule has 0 aliphatic carbocycles. The molecule has 1 aromatic carbocycles. The van der Waals surface area contributed by atoms with Gasteiger partial charge in [-0.2, -0.15) is 0 Å². The Hall–Kier alpha value is -1.84. The van der Waals surface area contributed by atoms with E-state index in [-0.39, 0.29) is 17.7 Å². The van der Waals surface area contributed by atoms with Gasteiger partial charge in [0.15, 0.2) is 0 Å². The number of unbranched alkanes of at least 4 members (excludes halogenated alkanes) is 1. The minimum Gasteiger partial charge on any atom is -0.356 e. The summed E-state index contributed by atoms with van der Waals surface area (Å²) in [6.45, 7) is 5.29. The van der Waals surface area contributed by atoms with Crippen LogP contribution in [0.3, 0.4) is 0 Å². The molecule has 1 atom stereocenters. The third-order valence-corrected chi connectivity index (χ3v) is 3.67. The highest BCUT2D eigenvalue weighted by atomic mass is 16.2. The van der Waals surface area contributed by atoms with Gasteiger partial charge in [0.25, 0.3) is 0 Å². The number of anilines is 1. The van der Waals surface area contributed by atoms with Crippen molar-refractivity contribution in [2.75, 3.05) is 18.0 Å². The molecule has 1 unspecified atom stereocenters. The van der Waals surface area contributed by atoms with Crippen LogP contribution in [0, 0.1) is 12.8 Å². The highest BCUT2D eigenvalue weighted by Crippen LogP contribution is 2.25. The second kappa shape index (κ2) is 6.55. The summed E-state index contributed by atoms with van der Waals surface area (Å²) in [4.78, 5) is 25.8. The van der Waals surface area contributed by atoms with E-state index in [2.05, 4.69) is 12.2 Å². The van der Waals surface area contributed by atoms with Gasteiger partial charge in [-0.15, -0.1) is 0 Å². The molecule has 1 aliphatic rings. The zero-order valence-corrected chi connectivity index (χ0v) is 12.2. The molecule has 0 saturated carbocycles. The van der Waals surface area contributed by atoms with Crippen LogP contribution >= 0.6 is 0 Å². The molecule has 1 N–H and O–H groups in total. The van der Waals surface area contributed by atoms with Crippen molar-refractivity contribution < 1.29 is 9.59 Å². The summed E-state index contributed by atoms with van der Waals surface area (Å²) >= 11 is 0. The standard InChI is InChI=1S/C16H22N2O2/c1-3-4-9-17-16(20)13-10-15(19)18(11-13)14-7-5-12(2)6-8-14/h5-8,13H,3-4,9-11H2,1-2H3,(H,17,20). The first-order chi connectivity index (χ1) is 9.61. The lowest BCUT2D eigenvalue weighted by Crippen LogP contribution is -2.33. The van der Waals surface area contributed by atoms with Crippen LogP contribution in [0.4, 0.5) is 5.69 Å². The van der Waals surface area contributed by atoms with Gasteiger partial charge in [0, 0.05) is 25.2 Å². The molecule has 0 aromatic heterocycles. The maximum atomic E-state index is 12.1. The summed E-state index contributed by atoms with van der Waals surface area (Å²) in [5.74, 6) is -0.188. The SMILES string of the molecule is CCCCNC(=O)C1CC(=O)N(c2ccc(C)cc2)C1. The van der Waals surface area contributed by atoms with E-state index in [0.29, 0.717) is 19.5 Å². The first-order valence-electron chi connectivity index (χ1n) is 7.26. The second-order valence-corrected chi connectivity index (χ2v) is 5.39. The van der Waals surface area contributed by atoms with Crippen molar-refractivity contribution in [2.24, 2.45) is 5.92 Å². The van der Waals surface area contributed by atoms with Crippen molar-refractivity contribution in [1.29, 1.82) is 0 Å². The Bertz CT molecular complexity index is 482. The van der Waals surface area contributed by atoms with Crippen LogP contribution in [0.5, 0.6) is 0 Å². The number of amides is 2. The lowest BCUT2D eigenvalue weighted by Gasteiger charge is -2.17. The normalized spacial score (nSPS) is 18.4. The van der Waals surface area contributed by atoms with E-state index in [1.165, 1.54) is 0 Å². The molecule has 1 heterocycles. The van der Waals surface area contributed by atoms with Crippen molar-refractivity contribution >= 4 is 17.5 Å². The number of carbonyl (C=O) groups excluding carboxylic acids is 2. The summed E-state index contributed by atoms with van der Waals surface area (Å²) in [5.41, 5.74) is 2.04. The van der Waals surface area contributed by atoms with Crippen molar-refractivity contribution in [2.45, 2.75) is 33.1 Å². The minimum atomic E-state index is -0.222. The van der Waals surface area contributed by atoms with Crippen LogP contribution in [0.15, 0.2) is 24.3 Å². The van der Waals surface area contributed by atoms with Gasteiger partial charge >= 0.3 is 0 Å². The van der Waals surface area contributed by atoms with Gasteiger partial charge < -0.3 is 10.2 Å². The van der Waals surface area contributed by atoms with E-state index in [9.17, 15) is 9.59 Å². The molecular weight excluding hydrogens is 252 g/mol. The Labute approximate surface area is 120 Å².